The van der Waals surface area contributed by atoms with Crippen LogP contribution in [0.1, 0.15) is 16.7 Å². The summed E-state index contributed by atoms with van der Waals surface area (Å²) in [5.41, 5.74) is 4.11. The molecule has 0 saturated heterocycles. The lowest BCUT2D eigenvalue weighted by Crippen LogP contribution is -2.28. The Hall–Kier alpha value is -2.17. The zero-order valence-corrected chi connectivity index (χ0v) is 15.8. The van der Waals surface area contributed by atoms with Crippen LogP contribution in [0.5, 0.6) is 0 Å². The van der Waals surface area contributed by atoms with Crippen LogP contribution in [0, 0.1) is 0 Å². The fourth-order valence-electron chi connectivity index (χ4n) is 2.83. The maximum Gasteiger partial charge on any atom is 0.292 e. The van der Waals surface area contributed by atoms with Crippen molar-refractivity contribution in [3.63, 3.8) is 0 Å². The Kier molecular flexibility index (Phi) is 5.21. The standard InChI is InChI=1S/C20H15BrClNO2/c1-23-20(25)19(24)18-13(5-2-12-3-7-16(22)8-4-12)10-14-11-15(21)6-9-17(14)18/h2-9,11H,10H2,1H3,(H,23,25)/b5-2+. The summed E-state index contributed by atoms with van der Waals surface area (Å²) < 4.78 is 0.945. The summed E-state index contributed by atoms with van der Waals surface area (Å²) in [6.07, 6.45) is 4.42. The van der Waals surface area contributed by atoms with Crippen LogP contribution in [-0.2, 0) is 16.0 Å². The van der Waals surface area contributed by atoms with E-state index < -0.39 is 11.7 Å². The SMILES string of the molecule is CNC(=O)C(=O)C1=C(/C=C/c2ccc(Cl)cc2)Cc2cc(Br)ccc21. The number of hydrogen-bond donors (Lipinski definition) is 1. The first-order valence-electron chi connectivity index (χ1n) is 7.71. The summed E-state index contributed by atoms with van der Waals surface area (Å²) in [6, 6.07) is 13.2. The third kappa shape index (κ3) is 3.75. The highest BCUT2D eigenvalue weighted by atomic mass is 79.9. The number of fused-ring (bicyclic) bond motifs is 1. The summed E-state index contributed by atoms with van der Waals surface area (Å²) >= 11 is 9.36. The number of amides is 1. The maximum absolute atomic E-state index is 12.6. The van der Waals surface area contributed by atoms with E-state index in [0.29, 0.717) is 17.0 Å². The van der Waals surface area contributed by atoms with Crippen LogP contribution in [0.15, 0.2) is 58.6 Å². The quantitative estimate of drug-likeness (QED) is 0.749. The van der Waals surface area contributed by atoms with E-state index in [9.17, 15) is 9.59 Å². The van der Waals surface area contributed by atoms with Gasteiger partial charge < -0.3 is 5.32 Å². The van der Waals surface area contributed by atoms with Crippen LogP contribution in [0.4, 0.5) is 0 Å². The first-order chi connectivity index (χ1) is 12.0. The van der Waals surface area contributed by atoms with Crippen LogP contribution in [0.3, 0.4) is 0 Å². The number of hydrogen-bond acceptors (Lipinski definition) is 2. The summed E-state index contributed by atoms with van der Waals surface area (Å²) in [6.45, 7) is 0. The van der Waals surface area contributed by atoms with Crippen molar-refractivity contribution in [1.82, 2.24) is 5.32 Å². The number of halogens is 2. The van der Waals surface area contributed by atoms with Gasteiger partial charge in [-0.3, -0.25) is 9.59 Å². The molecule has 0 atom stereocenters. The third-order valence-corrected chi connectivity index (χ3v) is 4.79. The number of Topliss-reactive ketones (excluding diaryl/α,β-unsaturated/α-hetero) is 1. The van der Waals surface area contributed by atoms with Gasteiger partial charge in [0.2, 0.25) is 0 Å². The van der Waals surface area contributed by atoms with Crippen molar-refractivity contribution in [2.45, 2.75) is 6.42 Å². The third-order valence-electron chi connectivity index (χ3n) is 4.05. The molecule has 0 heterocycles. The molecule has 0 unspecified atom stereocenters. The van der Waals surface area contributed by atoms with Gasteiger partial charge in [0.05, 0.1) is 0 Å². The van der Waals surface area contributed by atoms with Crippen LogP contribution >= 0.6 is 27.5 Å². The second kappa shape index (κ2) is 7.38. The minimum absolute atomic E-state index is 0.465. The number of nitrogens with one attached hydrogen (secondary N) is 1. The number of rotatable bonds is 4. The lowest BCUT2D eigenvalue weighted by atomic mass is 10.0. The molecule has 1 N–H and O–H groups in total. The molecule has 3 nitrogen and oxygen atoms in total. The molecule has 1 aliphatic carbocycles. The summed E-state index contributed by atoms with van der Waals surface area (Å²) in [7, 11) is 1.46. The van der Waals surface area contributed by atoms with E-state index >= 15 is 0 Å². The Morgan fingerprint density at radius 1 is 1.12 bits per heavy atom. The molecule has 0 saturated carbocycles. The van der Waals surface area contributed by atoms with Gasteiger partial charge in [-0.2, -0.15) is 0 Å². The molecule has 126 valence electrons. The number of ketones is 1. The number of carbonyl (C=O) groups is 2. The van der Waals surface area contributed by atoms with Crippen LogP contribution < -0.4 is 5.32 Å². The molecule has 2 aromatic carbocycles. The first kappa shape index (κ1) is 17.6. The van der Waals surface area contributed by atoms with Gasteiger partial charge in [-0.15, -0.1) is 0 Å². The van der Waals surface area contributed by atoms with Crippen molar-refractivity contribution >= 4 is 50.9 Å². The van der Waals surface area contributed by atoms with Gasteiger partial charge in [0.25, 0.3) is 11.7 Å². The van der Waals surface area contributed by atoms with Crippen molar-refractivity contribution in [3.8, 4) is 0 Å². The van der Waals surface area contributed by atoms with Crippen molar-refractivity contribution in [2.75, 3.05) is 7.05 Å². The monoisotopic (exact) mass is 415 g/mol. The molecule has 0 radical (unpaired) electrons. The Bertz CT molecular complexity index is 914. The van der Waals surface area contributed by atoms with E-state index in [1.807, 2.05) is 54.6 Å². The maximum atomic E-state index is 12.6. The highest BCUT2D eigenvalue weighted by molar-refractivity contribution is 9.10. The van der Waals surface area contributed by atoms with E-state index in [1.165, 1.54) is 7.05 Å². The number of carbonyl (C=O) groups excluding carboxylic acids is 2. The molecule has 0 bridgehead atoms. The molecule has 5 heteroatoms. The second-order valence-corrected chi connectivity index (χ2v) is 7.02. The van der Waals surface area contributed by atoms with Gasteiger partial charge in [0.1, 0.15) is 0 Å². The van der Waals surface area contributed by atoms with Crippen LogP contribution in [0.25, 0.3) is 11.6 Å². The van der Waals surface area contributed by atoms with Crippen molar-refractivity contribution in [3.05, 3.63) is 80.3 Å². The van der Waals surface area contributed by atoms with Gasteiger partial charge >= 0.3 is 0 Å². The molecule has 0 aliphatic heterocycles. The molecule has 0 fully saturated rings. The first-order valence-corrected chi connectivity index (χ1v) is 8.88. The molecule has 1 amide bonds. The van der Waals surface area contributed by atoms with Crippen LogP contribution in [0.2, 0.25) is 5.02 Å². The Labute approximate surface area is 159 Å². The molecular weight excluding hydrogens is 402 g/mol. The highest BCUT2D eigenvalue weighted by Gasteiger charge is 2.29. The fourth-order valence-corrected chi connectivity index (χ4v) is 3.36. The topological polar surface area (TPSA) is 46.2 Å². The Morgan fingerprint density at radius 3 is 2.52 bits per heavy atom. The molecule has 0 aromatic heterocycles. The van der Waals surface area contributed by atoms with Crippen molar-refractivity contribution in [1.29, 1.82) is 0 Å². The second-order valence-electron chi connectivity index (χ2n) is 5.67. The predicted molar refractivity (Wildman–Crippen MR) is 104 cm³/mol. The minimum Gasteiger partial charge on any atom is -0.352 e. The average Bonchev–Trinajstić information content (AvgIpc) is 2.97. The zero-order valence-electron chi connectivity index (χ0n) is 13.5. The Morgan fingerprint density at radius 2 is 1.84 bits per heavy atom. The smallest absolute Gasteiger partial charge is 0.292 e. The summed E-state index contributed by atoms with van der Waals surface area (Å²) in [5, 5.41) is 3.09. The Balaban J connectivity index is 2.02. The van der Waals surface area contributed by atoms with Gasteiger partial charge in [0.15, 0.2) is 0 Å². The number of benzene rings is 2. The van der Waals surface area contributed by atoms with Crippen LogP contribution in [-0.4, -0.2) is 18.7 Å². The number of allylic oxidation sites excluding steroid dienone is 2. The minimum atomic E-state index is -0.608. The average molecular weight is 417 g/mol. The van der Waals surface area contributed by atoms with Crippen molar-refractivity contribution < 1.29 is 9.59 Å². The number of likely N-dealkylation sites (N-methyl/N-ethyl adjacent to an activating group) is 1. The van der Waals surface area contributed by atoms with Gasteiger partial charge in [-0.05, 0) is 52.9 Å². The largest absolute Gasteiger partial charge is 0.352 e. The molecular formula is C20H15BrClNO2. The van der Waals surface area contributed by atoms with Gasteiger partial charge in [0, 0.05) is 22.1 Å². The molecule has 1 aliphatic rings. The zero-order chi connectivity index (χ0) is 18.0. The van der Waals surface area contributed by atoms with E-state index in [1.54, 1.807) is 0 Å². The van der Waals surface area contributed by atoms with Gasteiger partial charge in [-0.1, -0.05) is 57.9 Å². The normalized spacial score (nSPS) is 13.2. The molecule has 25 heavy (non-hydrogen) atoms. The molecule has 2 aromatic rings. The summed E-state index contributed by atoms with van der Waals surface area (Å²) in [4.78, 5) is 24.4. The van der Waals surface area contributed by atoms with E-state index in [2.05, 4.69) is 21.2 Å². The lowest BCUT2D eigenvalue weighted by Gasteiger charge is -2.05. The van der Waals surface area contributed by atoms with E-state index in [4.69, 9.17) is 11.6 Å². The van der Waals surface area contributed by atoms with E-state index in [-0.39, 0.29) is 0 Å². The molecule has 3 rings (SSSR count). The van der Waals surface area contributed by atoms with E-state index in [0.717, 1.165) is 26.7 Å². The summed E-state index contributed by atoms with van der Waals surface area (Å²) in [5.74, 6) is -1.12. The fraction of sp³-hybridized carbons (Fsp3) is 0.100. The van der Waals surface area contributed by atoms with Gasteiger partial charge in [-0.25, -0.2) is 0 Å². The highest BCUT2D eigenvalue weighted by Crippen LogP contribution is 2.36. The lowest BCUT2D eigenvalue weighted by molar-refractivity contribution is -0.134. The predicted octanol–water partition coefficient (Wildman–Crippen LogP) is 4.44. The molecule has 0 spiro atoms. The van der Waals surface area contributed by atoms with Crippen molar-refractivity contribution in [2.24, 2.45) is 0 Å².